The zero-order chi connectivity index (χ0) is 23.7. The van der Waals surface area contributed by atoms with Gasteiger partial charge in [-0.1, -0.05) is 22.0 Å². The molecule has 1 aliphatic heterocycles. The van der Waals surface area contributed by atoms with E-state index >= 15 is 0 Å². The van der Waals surface area contributed by atoms with Crippen molar-refractivity contribution in [3.8, 4) is 0 Å². The standard InChI is InChI=1S/C20H21BrF3N3O4S/c1-25(13-19(28)29)7-8-26-9-10-27(18-12-15(21)5-6-17(18)26)32(30,31)16-4-2-3-14(11-16)20(22,23)24/h2-6,11-12H,7-10,13H2,1H3,(H,28,29). The quantitative estimate of drug-likeness (QED) is 0.584. The smallest absolute Gasteiger partial charge is 0.416 e. The van der Waals surface area contributed by atoms with Crippen molar-refractivity contribution in [3.05, 3.63) is 52.5 Å². The molecule has 0 bridgehead atoms. The van der Waals surface area contributed by atoms with E-state index in [9.17, 15) is 26.4 Å². The average Bonchev–Trinajstić information content (AvgIpc) is 2.70. The SMILES string of the molecule is CN(CCN1CCN(S(=O)(=O)c2cccc(C(F)(F)F)c2)c2cc(Br)ccc21)CC(=O)O. The number of aliphatic carboxylic acids is 1. The summed E-state index contributed by atoms with van der Waals surface area (Å²) in [5.41, 5.74) is -0.101. The van der Waals surface area contributed by atoms with Crippen LogP contribution < -0.4 is 9.21 Å². The van der Waals surface area contributed by atoms with Crippen molar-refractivity contribution in [2.75, 3.05) is 49.0 Å². The number of alkyl halides is 3. The lowest BCUT2D eigenvalue weighted by Crippen LogP contribution is -2.46. The summed E-state index contributed by atoms with van der Waals surface area (Å²) in [5.74, 6) is -0.950. The fourth-order valence-electron chi connectivity index (χ4n) is 3.46. The van der Waals surface area contributed by atoms with Crippen molar-refractivity contribution in [3.63, 3.8) is 0 Å². The van der Waals surface area contributed by atoms with Crippen LogP contribution in [0.25, 0.3) is 0 Å². The van der Waals surface area contributed by atoms with Gasteiger partial charge in [0.25, 0.3) is 10.0 Å². The molecule has 0 unspecified atom stereocenters. The molecule has 174 valence electrons. The number of rotatable bonds is 7. The topological polar surface area (TPSA) is 81.2 Å². The first-order chi connectivity index (χ1) is 14.9. The Balaban J connectivity index is 1.93. The summed E-state index contributed by atoms with van der Waals surface area (Å²) in [4.78, 5) is 14.0. The fraction of sp³-hybridized carbons (Fsp3) is 0.350. The molecular formula is C20H21BrF3N3O4S. The van der Waals surface area contributed by atoms with Crippen molar-refractivity contribution in [1.82, 2.24) is 4.90 Å². The molecule has 0 aliphatic carbocycles. The first-order valence-corrected chi connectivity index (χ1v) is 11.8. The Morgan fingerprint density at radius 1 is 1.16 bits per heavy atom. The molecule has 0 atom stereocenters. The highest BCUT2D eigenvalue weighted by Crippen LogP contribution is 2.39. The maximum Gasteiger partial charge on any atom is 0.416 e. The van der Waals surface area contributed by atoms with Crippen LogP contribution in [-0.2, 0) is 21.0 Å². The van der Waals surface area contributed by atoms with Crippen LogP contribution >= 0.6 is 15.9 Å². The van der Waals surface area contributed by atoms with Gasteiger partial charge in [-0.2, -0.15) is 13.2 Å². The summed E-state index contributed by atoms with van der Waals surface area (Å²) >= 11 is 3.33. The second-order valence-electron chi connectivity index (χ2n) is 7.35. The number of nitrogens with zero attached hydrogens (tertiary/aromatic N) is 3. The highest BCUT2D eigenvalue weighted by Gasteiger charge is 2.35. The summed E-state index contributed by atoms with van der Waals surface area (Å²) in [6, 6.07) is 8.77. The minimum Gasteiger partial charge on any atom is -0.480 e. The van der Waals surface area contributed by atoms with Crippen molar-refractivity contribution in [1.29, 1.82) is 0 Å². The predicted molar refractivity (Wildman–Crippen MR) is 117 cm³/mol. The highest BCUT2D eigenvalue weighted by molar-refractivity contribution is 9.10. The molecule has 0 saturated carbocycles. The van der Waals surface area contributed by atoms with E-state index in [1.54, 1.807) is 30.1 Å². The molecule has 0 amide bonds. The first-order valence-electron chi connectivity index (χ1n) is 9.54. The second-order valence-corrected chi connectivity index (χ2v) is 10.1. The van der Waals surface area contributed by atoms with Crippen molar-refractivity contribution in [2.24, 2.45) is 0 Å². The van der Waals surface area contributed by atoms with Crippen molar-refractivity contribution < 1.29 is 31.5 Å². The zero-order valence-corrected chi connectivity index (χ0v) is 19.4. The minimum absolute atomic E-state index is 0.0324. The van der Waals surface area contributed by atoms with Crippen molar-refractivity contribution >= 4 is 43.3 Å². The number of halogens is 4. The lowest BCUT2D eigenvalue weighted by Gasteiger charge is -2.38. The summed E-state index contributed by atoms with van der Waals surface area (Å²) in [6.07, 6.45) is -4.66. The molecule has 1 aliphatic rings. The van der Waals surface area contributed by atoms with E-state index in [1.807, 2.05) is 4.90 Å². The van der Waals surface area contributed by atoms with Gasteiger partial charge < -0.3 is 10.0 Å². The molecule has 0 radical (unpaired) electrons. The van der Waals surface area contributed by atoms with E-state index in [-0.39, 0.29) is 13.1 Å². The number of sulfonamides is 1. The monoisotopic (exact) mass is 535 g/mol. The Labute approximate surface area is 192 Å². The van der Waals surface area contributed by atoms with Crippen LogP contribution in [-0.4, -0.2) is 64.2 Å². The number of hydrogen-bond acceptors (Lipinski definition) is 5. The number of fused-ring (bicyclic) bond motifs is 1. The Morgan fingerprint density at radius 2 is 1.88 bits per heavy atom. The van der Waals surface area contributed by atoms with Crippen LogP contribution in [0.5, 0.6) is 0 Å². The summed E-state index contributed by atoms with van der Waals surface area (Å²) in [6.45, 7) is 1.09. The zero-order valence-electron chi connectivity index (χ0n) is 17.0. The minimum atomic E-state index is -4.66. The largest absolute Gasteiger partial charge is 0.480 e. The van der Waals surface area contributed by atoms with E-state index < -0.39 is 32.6 Å². The molecule has 0 aromatic heterocycles. The van der Waals surface area contributed by atoms with Gasteiger partial charge in [-0.3, -0.25) is 14.0 Å². The molecule has 3 rings (SSSR count). The molecule has 0 spiro atoms. The third-order valence-electron chi connectivity index (χ3n) is 5.03. The summed E-state index contributed by atoms with van der Waals surface area (Å²) in [7, 11) is -2.58. The summed E-state index contributed by atoms with van der Waals surface area (Å²) in [5, 5.41) is 8.91. The van der Waals surface area contributed by atoms with E-state index in [4.69, 9.17) is 5.11 Å². The molecule has 1 heterocycles. The molecule has 7 nitrogen and oxygen atoms in total. The van der Waals surface area contributed by atoms with E-state index in [0.717, 1.165) is 22.5 Å². The van der Waals surface area contributed by atoms with Gasteiger partial charge in [-0.15, -0.1) is 0 Å². The lowest BCUT2D eigenvalue weighted by atomic mass is 10.2. The van der Waals surface area contributed by atoms with Gasteiger partial charge in [0, 0.05) is 24.1 Å². The molecule has 2 aromatic carbocycles. The van der Waals surface area contributed by atoms with E-state index in [2.05, 4.69) is 15.9 Å². The third kappa shape index (κ3) is 5.36. The number of carbonyl (C=O) groups is 1. The highest BCUT2D eigenvalue weighted by atomic mass is 79.9. The number of benzene rings is 2. The lowest BCUT2D eigenvalue weighted by molar-refractivity contribution is -0.138. The van der Waals surface area contributed by atoms with Crippen LogP contribution in [0.2, 0.25) is 0 Å². The van der Waals surface area contributed by atoms with Crippen LogP contribution in [0.3, 0.4) is 0 Å². The first kappa shape index (κ1) is 24.3. The molecular weight excluding hydrogens is 515 g/mol. The third-order valence-corrected chi connectivity index (χ3v) is 7.33. The van der Waals surface area contributed by atoms with Gasteiger partial charge >= 0.3 is 12.1 Å². The average molecular weight is 536 g/mol. The molecule has 1 N–H and O–H groups in total. The number of hydrogen-bond donors (Lipinski definition) is 1. The van der Waals surface area contributed by atoms with Gasteiger partial charge in [-0.25, -0.2) is 8.42 Å². The van der Waals surface area contributed by atoms with Crippen LogP contribution in [0.4, 0.5) is 24.5 Å². The molecule has 0 fully saturated rings. The number of carboxylic acids is 1. The van der Waals surface area contributed by atoms with Crippen molar-refractivity contribution in [2.45, 2.75) is 11.1 Å². The predicted octanol–water partition coefficient (Wildman–Crippen LogP) is 3.50. The van der Waals surface area contributed by atoms with Gasteiger partial charge in [0.15, 0.2) is 0 Å². The maximum absolute atomic E-state index is 13.3. The second kappa shape index (κ2) is 9.28. The molecule has 12 heteroatoms. The Kier molecular flexibility index (Phi) is 7.06. The van der Waals surface area contributed by atoms with E-state index in [1.165, 1.54) is 0 Å². The summed E-state index contributed by atoms with van der Waals surface area (Å²) < 4.78 is 67.6. The number of likely N-dealkylation sites (N-methyl/N-ethyl adjacent to an activating group) is 1. The Bertz CT molecular complexity index is 1110. The molecule has 0 saturated heterocycles. The van der Waals surface area contributed by atoms with Gasteiger partial charge in [0.2, 0.25) is 0 Å². The normalized spacial score (nSPS) is 14.6. The number of carboxylic acid groups (broad SMARTS) is 1. The van der Waals surface area contributed by atoms with E-state index in [0.29, 0.717) is 41.5 Å². The van der Waals surface area contributed by atoms with Gasteiger partial charge in [0.05, 0.1) is 34.9 Å². The van der Waals surface area contributed by atoms with Crippen LogP contribution in [0, 0.1) is 0 Å². The molecule has 32 heavy (non-hydrogen) atoms. The van der Waals surface area contributed by atoms with Crippen LogP contribution in [0.1, 0.15) is 5.56 Å². The van der Waals surface area contributed by atoms with Crippen LogP contribution in [0.15, 0.2) is 51.8 Å². The van der Waals surface area contributed by atoms with Gasteiger partial charge in [-0.05, 0) is 43.4 Å². The maximum atomic E-state index is 13.3. The number of anilines is 2. The Hall–Kier alpha value is -2.31. The molecule has 2 aromatic rings. The Morgan fingerprint density at radius 3 is 2.53 bits per heavy atom. The fourth-order valence-corrected chi connectivity index (χ4v) is 5.32. The van der Waals surface area contributed by atoms with Gasteiger partial charge in [0.1, 0.15) is 0 Å².